The Morgan fingerprint density at radius 2 is 1.61 bits per heavy atom. The van der Waals surface area contributed by atoms with Gasteiger partial charge in [-0.25, -0.2) is 9.78 Å². The van der Waals surface area contributed by atoms with E-state index >= 15 is 0 Å². The van der Waals surface area contributed by atoms with Crippen LogP contribution in [0.4, 0.5) is 5.82 Å². The fourth-order valence-corrected chi connectivity index (χ4v) is 4.62. The Bertz CT molecular complexity index is 1230. The normalized spacial score (nSPS) is 14.9. The van der Waals surface area contributed by atoms with E-state index in [1.54, 1.807) is 4.57 Å². The first kappa shape index (κ1) is 19.8. The lowest BCUT2D eigenvalue weighted by atomic mass is 10.1. The highest BCUT2D eigenvalue weighted by atomic mass is 35.5. The van der Waals surface area contributed by atoms with Gasteiger partial charge in [-0.3, -0.25) is 5.32 Å². The predicted molar refractivity (Wildman–Crippen MR) is 124 cm³/mol. The molecular formula is C25H19ClN3OS+. The second kappa shape index (κ2) is 8.53. The number of hydrogen-bond donors (Lipinski definition) is 1. The van der Waals surface area contributed by atoms with E-state index < -0.39 is 0 Å². The van der Waals surface area contributed by atoms with Crippen molar-refractivity contribution in [2.45, 2.75) is 22.4 Å². The molecule has 1 N–H and O–H groups in total. The van der Waals surface area contributed by atoms with Crippen LogP contribution in [-0.2, 0) is 6.42 Å². The Labute approximate surface area is 189 Å². The molecule has 1 aliphatic rings. The van der Waals surface area contributed by atoms with Gasteiger partial charge in [-0.1, -0.05) is 84.0 Å². The number of benzene rings is 3. The summed E-state index contributed by atoms with van der Waals surface area (Å²) < 4.78 is 1.71. The lowest BCUT2D eigenvalue weighted by Gasteiger charge is -2.07. The van der Waals surface area contributed by atoms with E-state index in [2.05, 4.69) is 5.32 Å². The molecule has 0 saturated heterocycles. The summed E-state index contributed by atoms with van der Waals surface area (Å²) in [5.41, 5.74) is 2.84. The van der Waals surface area contributed by atoms with Crippen LogP contribution in [0, 0.1) is 0 Å². The number of fused-ring (bicyclic) bond motifs is 1. The Morgan fingerprint density at radius 1 is 0.935 bits per heavy atom. The van der Waals surface area contributed by atoms with Gasteiger partial charge in [-0.05, 0) is 29.8 Å². The van der Waals surface area contributed by atoms with E-state index in [0.717, 1.165) is 32.6 Å². The number of carbonyl (C=O) groups excluding carboxylic acids is 1. The maximum atomic E-state index is 13.3. The zero-order chi connectivity index (χ0) is 21.2. The number of nitrogens with one attached hydrogen (secondary N) is 1. The van der Waals surface area contributed by atoms with Crippen molar-refractivity contribution in [3.05, 3.63) is 102 Å². The second-order valence-electron chi connectivity index (χ2n) is 7.30. The summed E-state index contributed by atoms with van der Waals surface area (Å²) in [4.78, 5) is 19.2. The van der Waals surface area contributed by atoms with Gasteiger partial charge in [0.2, 0.25) is 0 Å². The average molecular weight is 445 g/mol. The maximum Gasteiger partial charge on any atom is 0.359 e. The van der Waals surface area contributed by atoms with Crippen LogP contribution in [0.1, 0.15) is 10.4 Å². The number of anilines is 1. The minimum atomic E-state index is -0.334. The maximum absolute atomic E-state index is 13.3. The van der Waals surface area contributed by atoms with Gasteiger partial charge in [0.1, 0.15) is 11.9 Å². The van der Waals surface area contributed by atoms with E-state index in [4.69, 9.17) is 16.6 Å². The van der Waals surface area contributed by atoms with Gasteiger partial charge in [-0.15, -0.1) is 0 Å². The molecule has 2 heterocycles. The van der Waals surface area contributed by atoms with Crippen LogP contribution in [0.2, 0.25) is 5.02 Å². The number of nitrogens with zero attached hydrogens (tertiary/aromatic N) is 2. The highest BCUT2D eigenvalue weighted by Gasteiger charge is 2.41. The molecule has 0 radical (unpaired) electrons. The molecule has 0 aliphatic carbocycles. The van der Waals surface area contributed by atoms with E-state index in [0.29, 0.717) is 11.4 Å². The van der Waals surface area contributed by atoms with Crippen molar-refractivity contribution in [2.75, 3.05) is 5.32 Å². The lowest BCUT2D eigenvalue weighted by Crippen LogP contribution is -2.43. The Morgan fingerprint density at radius 3 is 2.32 bits per heavy atom. The Kier molecular flexibility index (Phi) is 5.45. The number of halogens is 1. The van der Waals surface area contributed by atoms with Gasteiger partial charge in [0, 0.05) is 21.9 Å². The molecule has 0 amide bonds. The van der Waals surface area contributed by atoms with Crippen LogP contribution in [0.25, 0.3) is 11.3 Å². The number of rotatable bonds is 5. The standard InChI is InChI=1S/C25H18ClN3OS/c26-19-11-13-20(14-12-19)31-24-23-27-21(15-17-7-3-1-4-8-17)25(30)29(23)16-22(28-24)18-9-5-2-6-10-18/h1-14,16,21H,15H2/p+1. The van der Waals surface area contributed by atoms with Crippen LogP contribution in [0.3, 0.4) is 0 Å². The highest BCUT2D eigenvalue weighted by Crippen LogP contribution is 2.34. The van der Waals surface area contributed by atoms with Crippen molar-refractivity contribution >= 4 is 35.1 Å². The molecule has 1 unspecified atom stereocenters. The largest absolute Gasteiger partial charge is 0.359 e. The van der Waals surface area contributed by atoms with E-state index in [1.165, 1.54) is 11.8 Å². The number of carbonyl (C=O) groups is 1. The smallest absolute Gasteiger partial charge is 0.257 e. The van der Waals surface area contributed by atoms with Gasteiger partial charge in [-0.2, -0.15) is 4.57 Å². The molecule has 0 fully saturated rings. The molecule has 0 saturated carbocycles. The molecule has 4 aromatic rings. The molecule has 1 aliphatic heterocycles. The van der Waals surface area contributed by atoms with Crippen molar-refractivity contribution in [1.82, 2.24) is 4.98 Å². The van der Waals surface area contributed by atoms with Gasteiger partial charge in [0.15, 0.2) is 11.1 Å². The molecule has 6 heteroatoms. The highest BCUT2D eigenvalue weighted by molar-refractivity contribution is 7.99. The molecule has 1 aromatic heterocycles. The van der Waals surface area contributed by atoms with E-state index in [1.807, 2.05) is 91.1 Å². The van der Waals surface area contributed by atoms with Crippen LogP contribution in [0.15, 0.2) is 101 Å². The molecule has 0 spiro atoms. The van der Waals surface area contributed by atoms with Crippen molar-refractivity contribution in [2.24, 2.45) is 0 Å². The topological polar surface area (TPSA) is 45.9 Å². The quantitative estimate of drug-likeness (QED) is 0.412. The van der Waals surface area contributed by atoms with Crippen molar-refractivity contribution < 1.29 is 9.36 Å². The third-order valence-corrected chi connectivity index (χ3v) is 6.38. The molecule has 3 aromatic carbocycles. The summed E-state index contributed by atoms with van der Waals surface area (Å²) in [7, 11) is 0. The average Bonchev–Trinajstić information content (AvgIpc) is 3.12. The van der Waals surface area contributed by atoms with Crippen molar-refractivity contribution in [3.8, 4) is 11.3 Å². The van der Waals surface area contributed by atoms with Crippen LogP contribution >= 0.6 is 23.4 Å². The van der Waals surface area contributed by atoms with Crippen LogP contribution < -0.4 is 9.88 Å². The molecule has 1 atom stereocenters. The van der Waals surface area contributed by atoms with E-state index in [9.17, 15) is 4.79 Å². The number of hydrogen-bond acceptors (Lipinski definition) is 4. The fraction of sp³-hybridized carbons (Fsp3) is 0.0800. The fourth-order valence-electron chi connectivity index (χ4n) is 3.60. The number of aromatic nitrogens is 2. The van der Waals surface area contributed by atoms with Gasteiger partial charge < -0.3 is 0 Å². The lowest BCUT2D eigenvalue weighted by molar-refractivity contribution is -0.554. The monoisotopic (exact) mass is 444 g/mol. The van der Waals surface area contributed by atoms with Crippen LogP contribution in [-0.4, -0.2) is 16.9 Å². The van der Waals surface area contributed by atoms with Crippen molar-refractivity contribution in [3.63, 3.8) is 0 Å². The summed E-state index contributed by atoms with van der Waals surface area (Å²) in [6, 6.07) is 27.3. The summed E-state index contributed by atoms with van der Waals surface area (Å²) >= 11 is 7.56. The third kappa shape index (κ3) is 4.20. The molecule has 31 heavy (non-hydrogen) atoms. The molecular weight excluding hydrogens is 426 g/mol. The van der Waals surface area contributed by atoms with Crippen molar-refractivity contribution in [1.29, 1.82) is 0 Å². The summed E-state index contributed by atoms with van der Waals surface area (Å²) in [6.45, 7) is 0. The van der Waals surface area contributed by atoms with Gasteiger partial charge in [0.25, 0.3) is 0 Å². The van der Waals surface area contributed by atoms with Gasteiger partial charge in [0.05, 0.1) is 0 Å². The first-order chi connectivity index (χ1) is 15.2. The first-order valence-corrected chi connectivity index (χ1v) is 11.2. The molecule has 0 bridgehead atoms. The zero-order valence-electron chi connectivity index (χ0n) is 16.5. The summed E-state index contributed by atoms with van der Waals surface area (Å²) in [6.07, 6.45) is 2.45. The minimum absolute atomic E-state index is 0.0244. The van der Waals surface area contributed by atoms with E-state index in [-0.39, 0.29) is 11.9 Å². The first-order valence-electron chi connectivity index (χ1n) is 9.97. The van der Waals surface area contributed by atoms with Crippen LogP contribution in [0.5, 0.6) is 0 Å². The molecule has 5 rings (SSSR count). The SMILES string of the molecule is O=C1C(Cc2ccccc2)Nc2c(Sc3ccc(Cl)cc3)nc(-c3ccccc3)c[n+]21. The molecule has 4 nitrogen and oxygen atoms in total. The third-order valence-electron chi connectivity index (χ3n) is 5.14. The van der Waals surface area contributed by atoms with Gasteiger partial charge >= 0.3 is 11.7 Å². The Hall–Kier alpha value is -3.15. The minimum Gasteiger partial charge on any atom is -0.257 e. The summed E-state index contributed by atoms with van der Waals surface area (Å²) in [5.74, 6) is 0.752. The summed E-state index contributed by atoms with van der Waals surface area (Å²) in [5, 5.41) is 4.86. The predicted octanol–water partition coefficient (Wildman–Crippen LogP) is 5.52. The zero-order valence-corrected chi connectivity index (χ0v) is 18.1. The Balaban J connectivity index is 1.54. The second-order valence-corrected chi connectivity index (χ2v) is 8.80. The molecule has 152 valence electrons.